The van der Waals surface area contributed by atoms with Crippen molar-refractivity contribution < 1.29 is 4.74 Å². The van der Waals surface area contributed by atoms with E-state index in [9.17, 15) is 4.79 Å². The Morgan fingerprint density at radius 3 is 2.43 bits per heavy atom. The van der Waals surface area contributed by atoms with E-state index in [0.717, 1.165) is 22.7 Å². The fourth-order valence-corrected chi connectivity index (χ4v) is 3.32. The number of hydrogen-bond donors (Lipinski definition) is 1. The summed E-state index contributed by atoms with van der Waals surface area (Å²) in [5.74, 6) is 1.58. The van der Waals surface area contributed by atoms with Crippen molar-refractivity contribution >= 4 is 23.4 Å². The third-order valence-corrected chi connectivity index (χ3v) is 5.17. The van der Waals surface area contributed by atoms with Gasteiger partial charge in [-0.1, -0.05) is 54.7 Å². The molecule has 0 spiro atoms. The van der Waals surface area contributed by atoms with Gasteiger partial charge < -0.3 is 9.72 Å². The lowest BCUT2D eigenvalue weighted by molar-refractivity contribution is 0.306. The highest BCUT2D eigenvalue weighted by Crippen LogP contribution is 2.17. The van der Waals surface area contributed by atoms with Crippen molar-refractivity contribution in [2.24, 2.45) is 14.1 Å². The van der Waals surface area contributed by atoms with E-state index >= 15 is 0 Å². The molecule has 2 aromatic carbocycles. The molecule has 0 aliphatic heterocycles. The summed E-state index contributed by atoms with van der Waals surface area (Å²) in [6.07, 6.45) is 0.611. The van der Waals surface area contributed by atoms with Crippen molar-refractivity contribution in [3.8, 4) is 5.75 Å². The Morgan fingerprint density at radius 2 is 1.71 bits per heavy atom. The van der Waals surface area contributed by atoms with Gasteiger partial charge in [-0.2, -0.15) is 0 Å². The minimum atomic E-state index is -0.185. The number of hydrogen-bond acceptors (Lipinski definition) is 4. The Hall–Kier alpha value is -3.19. The summed E-state index contributed by atoms with van der Waals surface area (Å²) in [6.45, 7) is 0.538. The number of fused-ring (bicyclic) bond motifs is 1. The molecule has 0 unspecified atom stereocenters. The molecule has 0 amide bonds. The van der Waals surface area contributed by atoms with Gasteiger partial charge in [0, 0.05) is 20.5 Å². The number of aromatic amines is 1. The average molecular weight is 392 g/mol. The summed E-state index contributed by atoms with van der Waals surface area (Å²) < 4.78 is 9.23. The number of rotatable bonds is 5. The van der Waals surface area contributed by atoms with E-state index < -0.39 is 0 Å². The first-order valence-electron chi connectivity index (χ1n) is 8.93. The highest BCUT2D eigenvalue weighted by atomic mass is 32.1. The first kappa shape index (κ1) is 18.2. The van der Waals surface area contributed by atoms with E-state index in [1.165, 1.54) is 9.13 Å². The molecule has 0 radical (unpaired) electrons. The van der Waals surface area contributed by atoms with Crippen molar-refractivity contribution in [2.45, 2.75) is 13.0 Å². The number of aryl methyl sites for hydroxylation is 1. The Morgan fingerprint density at radius 1 is 1.00 bits per heavy atom. The van der Waals surface area contributed by atoms with Gasteiger partial charge in [0.25, 0.3) is 0 Å². The third kappa shape index (κ3) is 3.48. The SMILES string of the molecule is Cn1c(=S)c2[nH]c(Cc3ccc(OCc4ccccc4)cc3)nc2n(C)c1=O. The van der Waals surface area contributed by atoms with E-state index in [-0.39, 0.29) is 5.69 Å². The number of imidazole rings is 1. The second-order valence-electron chi connectivity index (χ2n) is 6.68. The molecule has 142 valence electrons. The molecule has 0 bridgehead atoms. The molecular weight excluding hydrogens is 372 g/mol. The lowest BCUT2D eigenvalue weighted by Gasteiger charge is -2.07. The molecule has 0 saturated carbocycles. The second kappa shape index (κ2) is 7.44. The van der Waals surface area contributed by atoms with Crippen LogP contribution in [0.5, 0.6) is 5.75 Å². The molecular formula is C21H20N4O2S. The van der Waals surface area contributed by atoms with Crippen molar-refractivity contribution in [1.82, 2.24) is 19.1 Å². The van der Waals surface area contributed by atoms with Crippen LogP contribution in [0, 0.1) is 4.64 Å². The number of ether oxygens (including phenoxy) is 1. The van der Waals surface area contributed by atoms with E-state index in [0.29, 0.717) is 28.8 Å². The molecule has 0 atom stereocenters. The van der Waals surface area contributed by atoms with E-state index in [1.54, 1.807) is 14.1 Å². The van der Waals surface area contributed by atoms with Gasteiger partial charge in [-0.15, -0.1) is 0 Å². The second-order valence-corrected chi connectivity index (χ2v) is 7.07. The van der Waals surface area contributed by atoms with Crippen LogP contribution in [-0.4, -0.2) is 19.1 Å². The monoisotopic (exact) mass is 392 g/mol. The summed E-state index contributed by atoms with van der Waals surface area (Å²) in [5.41, 5.74) is 3.32. The van der Waals surface area contributed by atoms with Crippen LogP contribution in [0.1, 0.15) is 17.0 Å². The van der Waals surface area contributed by atoms with Gasteiger partial charge in [0.05, 0.1) is 0 Å². The van der Waals surface area contributed by atoms with Gasteiger partial charge >= 0.3 is 5.69 Å². The van der Waals surface area contributed by atoms with Crippen LogP contribution in [0.4, 0.5) is 0 Å². The quantitative estimate of drug-likeness (QED) is 0.528. The molecule has 0 aliphatic rings. The molecule has 7 heteroatoms. The highest BCUT2D eigenvalue weighted by molar-refractivity contribution is 7.71. The lowest BCUT2D eigenvalue weighted by atomic mass is 10.1. The minimum absolute atomic E-state index is 0.185. The summed E-state index contributed by atoms with van der Waals surface area (Å²) in [4.78, 5) is 20.0. The predicted molar refractivity (Wildman–Crippen MR) is 111 cm³/mol. The number of H-pyrrole nitrogens is 1. The summed E-state index contributed by atoms with van der Waals surface area (Å²) in [6, 6.07) is 18.0. The van der Waals surface area contributed by atoms with Crippen LogP contribution in [-0.2, 0) is 27.1 Å². The van der Waals surface area contributed by atoms with E-state index in [4.69, 9.17) is 17.0 Å². The van der Waals surface area contributed by atoms with Gasteiger partial charge in [0.2, 0.25) is 0 Å². The molecule has 0 fully saturated rings. The van der Waals surface area contributed by atoms with Gasteiger partial charge in [0.15, 0.2) is 5.65 Å². The molecule has 6 nitrogen and oxygen atoms in total. The summed E-state index contributed by atoms with van der Waals surface area (Å²) in [5, 5.41) is 0. The largest absolute Gasteiger partial charge is 0.489 e. The van der Waals surface area contributed by atoms with Crippen LogP contribution in [0.25, 0.3) is 11.2 Å². The number of nitrogens with zero attached hydrogens (tertiary/aromatic N) is 3. The lowest BCUT2D eigenvalue weighted by Crippen LogP contribution is -2.27. The van der Waals surface area contributed by atoms with Crippen molar-refractivity contribution in [3.63, 3.8) is 0 Å². The van der Waals surface area contributed by atoms with Gasteiger partial charge in [0.1, 0.15) is 28.3 Å². The fourth-order valence-electron chi connectivity index (χ4n) is 3.10. The Kier molecular flexibility index (Phi) is 4.83. The normalized spacial score (nSPS) is 11.1. The molecule has 2 aromatic heterocycles. The molecule has 2 heterocycles. The van der Waals surface area contributed by atoms with E-state index in [1.807, 2.05) is 54.6 Å². The fraction of sp³-hybridized carbons (Fsp3) is 0.190. The van der Waals surface area contributed by atoms with Gasteiger partial charge in [-0.25, -0.2) is 9.78 Å². The Balaban J connectivity index is 1.52. The molecule has 1 N–H and O–H groups in total. The summed E-state index contributed by atoms with van der Waals surface area (Å²) >= 11 is 5.37. The smallest absolute Gasteiger partial charge is 0.330 e. The maximum absolute atomic E-state index is 12.2. The molecule has 4 aromatic rings. The number of nitrogens with one attached hydrogen (secondary N) is 1. The van der Waals surface area contributed by atoms with Gasteiger partial charge in [-0.3, -0.25) is 9.13 Å². The van der Waals surface area contributed by atoms with Crippen LogP contribution < -0.4 is 10.4 Å². The Labute approximate surface area is 167 Å². The Bertz CT molecular complexity index is 1240. The summed E-state index contributed by atoms with van der Waals surface area (Å²) in [7, 11) is 3.36. The van der Waals surface area contributed by atoms with Crippen LogP contribution >= 0.6 is 12.2 Å². The van der Waals surface area contributed by atoms with Crippen LogP contribution in [0.15, 0.2) is 59.4 Å². The van der Waals surface area contributed by atoms with Crippen LogP contribution in [0.2, 0.25) is 0 Å². The van der Waals surface area contributed by atoms with Crippen LogP contribution in [0.3, 0.4) is 0 Å². The maximum Gasteiger partial charge on any atom is 0.330 e. The first-order chi connectivity index (χ1) is 13.5. The van der Waals surface area contributed by atoms with Crippen molar-refractivity contribution in [1.29, 1.82) is 0 Å². The van der Waals surface area contributed by atoms with Crippen molar-refractivity contribution in [2.75, 3.05) is 0 Å². The molecule has 0 saturated heterocycles. The average Bonchev–Trinajstić information content (AvgIpc) is 3.15. The van der Waals surface area contributed by atoms with Crippen molar-refractivity contribution in [3.05, 3.63) is 86.7 Å². The maximum atomic E-state index is 12.2. The minimum Gasteiger partial charge on any atom is -0.489 e. The third-order valence-electron chi connectivity index (χ3n) is 4.69. The molecule has 4 rings (SSSR count). The predicted octanol–water partition coefficient (Wildman–Crippen LogP) is 3.50. The number of benzene rings is 2. The van der Waals surface area contributed by atoms with E-state index in [2.05, 4.69) is 9.97 Å². The zero-order valence-corrected chi connectivity index (χ0v) is 16.5. The van der Waals surface area contributed by atoms with Gasteiger partial charge in [-0.05, 0) is 23.3 Å². The zero-order chi connectivity index (χ0) is 19.7. The molecule has 28 heavy (non-hydrogen) atoms. The first-order valence-corrected chi connectivity index (χ1v) is 9.34. The zero-order valence-electron chi connectivity index (χ0n) is 15.7. The molecule has 0 aliphatic carbocycles. The number of aromatic nitrogens is 4. The topological polar surface area (TPSA) is 64.8 Å². The highest BCUT2D eigenvalue weighted by Gasteiger charge is 2.11. The standard InChI is InChI=1S/C21H20N4O2S/c1-24-19-18(20(28)25(2)21(24)26)22-17(23-19)12-14-8-10-16(11-9-14)27-13-15-6-4-3-5-7-15/h3-11H,12-13H2,1-2H3,(H,22,23).